The number of hydrogen-bond acceptors (Lipinski definition) is 4. The molecule has 0 unspecified atom stereocenters. The Hall–Kier alpha value is -1.51. The van der Waals surface area contributed by atoms with Crippen LogP contribution in [0.1, 0.15) is 26.0 Å². The van der Waals surface area contributed by atoms with E-state index >= 15 is 0 Å². The highest BCUT2D eigenvalue weighted by atomic mass is 79.9. The number of nitrogens with zero attached hydrogens (tertiary/aromatic N) is 2. The number of pyridine rings is 1. The van der Waals surface area contributed by atoms with Gasteiger partial charge in [0.25, 0.3) is 0 Å². The summed E-state index contributed by atoms with van der Waals surface area (Å²) in [5.74, 6) is -0.153. The van der Waals surface area contributed by atoms with Gasteiger partial charge in [-0.15, -0.1) is 0 Å². The van der Waals surface area contributed by atoms with E-state index in [1.165, 1.54) is 0 Å². The maximum absolute atomic E-state index is 12.2. The summed E-state index contributed by atoms with van der Waals surface area (Å²) < 4.78 is 6.48. The van der Waals surface area contributed by atoms with E-state index in [1.54, 1.807) is 19.4 Å². The molecule has 0 radical (unpaired) electrons. The minimum absolute atomic E-state index is 0.126. The van der Waals surface area contributed by atoms with Gasteiger partial charge in [0.05, 0.1) is 11.3 Å². The summed E-state index contributed by atoms with van der Waals surface area (Å²) in [6, 6.07) is 5.65. The molecule has 1 aliphatic rings. The monoisotopic (exact) mass is 334 g/mol. The molecule has 1 aromatic heterocycles. The Balaban J connectivity index is 2.68. The normalized spacial score (nSPS) is 24.9. The lowest BCUT2D eigenvalue weighted by molar-refractivity contribution is -0.128. The number of rotatable bonds is 2. The Labute approximate surface area is 126 Å². The maximum atomic E-state index is 12.2. The van der Waals surface area contributed by atoms with Crippen molar-refractivity contribution in [2.45, 2.75) is 25.9 Å². The second kappa shape index (κ2) is 5.12. The standard InChI is InChI=1S/C15H15BrN2O2/c1-14(2)9-15(20-3,7-10(8-17)13(14)19)12-11(16)5-4-6-18-12/h4-7H,9H2,1-3H3/t15-/m1/s1. The minimum Gasteiger partial charge on any atom is -0.368 e. The number of aromatic nitrogens is 1. The van der Waals surface area contributed by atoms with Crippen molar-refractivity contribution < 1.29 is 9.53 Å². The fourth-order valence-corrected chi connectivity index (χ4v) is 3.20. The molecule has 0 amide bonds. The van der Waals surface area contributed by atoms with E-state index in [-0.39, 0.29) is 11.4 Å². The fourth-order valence-electron chi connectivity index (χ4n) is 2.61. The van der Waals surface area contributed by atoms with Gasteiger partial charge in [0, 0.05) is 23.2 Å². The van der Waals surface area contributed by atoms with Crippen LogP contribution in [0.2, 0.25) is 0 Å². The molecule has 4 nitrogen and oxygen atoms in total. The zero-order valence-corrected chi connectivity index (χ0v) is 13.2. The number of nitriles is 1. The largest absolute Gasteiger partial charge is 0.368 e. The number of ether oxygens (including phenoxy) is 1. The first-order valence-electron chi connectivity index (χ1n) is 6.20. The molecule has 1 aliphatic carbocycles. The summed E-state index contributed by atoms with van der Waals surface area (Å²) in [6.45, 7) is 3.65. The van der Waals surface area contributed by atoms with Gasteiger partial charge in [0.15, 0.2) is 5.78 Å². The Kier molecular flexibility index (Phi) is 3.81. The second-order valence-electron chi connectivity index (χ2n) is 5.49. The van der Waals surface area contributed by atoms with Crippen molar-refractivity contribution in [3.63, 3.8) is 0 Å². The first-order chi connectivity index (χ1) is 9.36. The summed E-state index contributed by atoms with van der Waals surface area (Å²) in [5, 5.41) is 9.21. The van der Waals surface area contributed by atoms with Crippen molar-refractivity contribution in [3.8, 4) is 6.07 Å². The smallest absolute Gasteiger partial charge is 0.178 e. The van der Waals surface area contributed by atoms with Crippen molar-refractivity contribution in [2.75, 3.05) is 7.11 Å². The van der Waals surface area contributed by atoms with Gasteiger partial charge in [0.2, 0.25) is 0 Å². The highest BCUT2D eigenvalue weighted by Crippen LogP contribution is 2.46. The maximum Gasteiger partial charge on any atom is 0.178 e. The summed E-state index contributed by atoms with van der Waals surface area (Å²) >= 11 is 3.46. The van der Waals surface area contributed by atoms with Crippen LogP contribution < -0.4 is 0 Å². The van der Waals surface area contributed by atoms with Crippen LogP contribution in [0, 0.1) is 16.7 Å². The first kappa shape index (κ1) is 14.9. The van der Waals surface area contributed by atoms with Gasteiger partial charge in [0.1, 0.15) is 11.7 Å². The van der Waals surface area contributed by atoms with Crippen LogP contribution in [-0.2, 0) is 15.1 Å². The van der Waals surface area contributed by atoms with E-state index in [0.717, 1.165) is 4.47 Å². The molecule has 1 heterocycles. The topological polar surface area (TPSA) is 63.0 Å². The van der Waals surface area contributed by atoms with Gasteiger partial charge >= 0.3 is 0 Å². The van der Waals surface area contributed by atoms with Crippen LogP contribution in [0.4, 0.5) is 0 Å². The number of allylic oxidation sites excluding steroid dienone is 1. The number of carbonyl (C=O) groups excluding carboxylic acids is 1. The van der Waals surface area contributed by atoms with Crippen LogP contribution in [0.15, 0.2) is 34.5 Å². The number of hydrogen-bond donors (Lipinski definition) is 0. The molecule has 5 heteroatoms. The molecule has 0 aromatic carbocycles. The number of Topliss-reactive ketones (excluding diaryl/α,β-unsaturated/α-hetero) is 1. The van der Waals surface area contributed by atoms with E-state index < -0.39 is 11.0 Å². The van der Waals surface area contributed by atoms with Crippen molar-refractivity contribution in [1.82, 2.24) is 4.98 Å². The average Bonchev–Trinajstić information content (AvgIpc) is 2.42. The molecular formula is C15H15BrN2O2. The Bertz CT molecular complexity index is 631. The van der Waals surface area contributed by atoms with Crippen LogP contribution in [0.3, 0.4) is 0 Å². The molecule has 1 aromatic rings. The lowest BCUT2D eigenvalue weighted by Crippen LogP contribution is -2.42. The summed E-state index contributed by atoms with van der Waals surface area (Å²) in [7, 11) is 1.57. The number of ketones is 1. The molecule has 1 atom stereocenters. The number of halogens is 1. The van der Waals surface area contributed by atoms with E-state index in [1.807, 2.05) is 32.0 Å². The third kappa shape index (κ3) is 2.30. The van der Waals surface area contributed by atoms with Crippen LogP contribution in [-0.4, -0.2) is 17.9 Å². The summed E-state index contributed by atoms with van der Waals surface area (Å²) in [4.78, 5) is 16.6. The van der Waals surface area contributed by atoms with Gasteiger partial charge in [-0.2, -0.15) is 5.26 Å². The Morgan fingerprint density at radius 2 is 2.20 bits per heavy atom. The van der Waals surface area contributed by atoms with Gasteiger partial charge < -0.3 is 4.74 Å². The predicted molar refractivity (Wildman–Crippen MR) is 77.7 cm³/mol. The van der Waals surface area contributed by atoms with Crippen molar-refractivity contribution in [1.29, 1.82) is 5.26 Å². The molecule has 0 spiro atoms. The number of carbonyl (C=O) groups is 1. The summed E-state index contributed by atoms with van der Waals surface area (Å²) in [5.41, 5.74) is -0.744. The third-order valence-electron chi connectivity index (χ3n) is 3.59. The molecule has 20 heavy (non-hydrogen) atoms. The highest BCUT2D eigenvalue weighted by Gasteiger charge is 2.47. The van der Waals surface area contributed by atoms with E-state index in [4.69, 9.17) is 4.74 Å². The number of methoxy groups -OCH3 is 1. The van der Waals surface area contributed by atoms with E-state index in [2.05, 4.69) is 20.9 Å². The SMILES string of the molecule is CO[C@]1(c2ncccc2Br)C=C(C#N)C(=O)C(C)(C)C1. The second-order valence-corrected chi connectivity index (χ2v) is 6.34. The molecule has 0 fully saturated rings. The fraction of sp³-hybridized carbons (Fsp3) is 0.400. The molecular weight excluding hydrogens is 320 g/mol. The van der Waals surface area contributed by atoms with E-state index in [9.17, 15) is 10.1 Å². The lowest BCUT2D eigenvalue weighted by atomic mass is 9.68. The summed E-state index contributed by atoms with van der Waals surface area (Å²) in [6.07, 6.45) is 3.70. The Morgan fingerprint density at radius 3 is 2.75 bits per heavy atom. The molecule has 0 saturated heterocycles. The first-order valence-corrected chi connectivity index (χ1v) is 6.99. The zero-order chi connectivity index (χ0) is 15.0. The Morgan fingerprint density at radius 1 is 1.50 bits per heavy atom. The van der Waals surface area contributed by atoms with Gasteiger partial charge in [-0.1, -0.05) is 13.8 Å². The molecule has 0 bridgehead atoms. The van der Waals surface area contributed by atoms with E-state index in [0.29, 0.717) is 12.1 Å². The van der Waals surface area contributed by atoms with Crippen LogP contribution in [0.25, 0.3) is 0 Å². The lowest BCUT2D eigenvalue weighted by Gasteiger charge is -2.40. The molecule has 0 aliphatic heterocycles. The van der Waals surface area contributed by atoms with Gasteiger partial charge in [-0.05, 0) is 40.6 Å². The van der Waals surface area contributed by atoms with Crippen molar-refractivity contribution in [3.05, 3.63) is 40.1 Å². The highest BCUT2D eigenvalue weighted by molar-refractivity contribution is 9.10. The third-order valence-corrected chi connectivity index (χ3v) is 4.23. The molecule has 2 rings (SSSR count). The van der Waals surface area contributed by atoms with Crippen molar-refractivity contribution >= 4 is 21.7 Å². The predicted octanol–water partition coefficient (Wildman–Crippen LogP) is 3.13. The van der Waals surface area contributed by atoms with Gasteiger partial charge in [-0.25, -0.2) is 0 Å². The molecule has 0 saturated carbocycles. The zero-order valence-electron chi connectivity index (χ0n) is 11.6. The minimum atomic E-state index is -0.872. The van der Waals surface area contributed by atoms with Gasteiger partial charge in [-0.3, -0.25) is 9.78 Å². The van der Waals surface area contributed by atoms with Crippen LogP contribution >= 0.6 is 15.9 Å². The molecule has 0 N–H and O–H groups in total. The average molecular weight is 335 g/mol. The van der Waals surface area contributed by atoms with Crippen LogP contribution in [0.5, 0.6) is 0 Å². The molecule has 104 valence electrons. The van der Waals surface area contributed by atoms with Crippen molar-refractivity contribution in [2.24, 2.45) is 5.41 Å². The quantitative estimate of drug-likeness (QED) is 0.833.